The van der Waals surface area contributed by atoms with Crippen LogP contribution in [0.3, 0.4) is 0 Å². The van der Waals surface area contributed by atoms with Crippen LogP contribution in [-0.4, -0.2) is 14.8 Å². The Kier molecular flexibility index (Phi) is 1.97. The fourth-order valence-corrected chi connectivity index (χ4v) is 1.79. The molecule has 0 atom stereocenters. The number of aromatic nitrogens is 3. The quantitative estimate of drug-likeness (QED) is 0.649. The van der Waals surface area contributed by atoms with E-state index < -0.39 is 0 Å². The highest BCUT2D eigenvalue weighted by Crippen LogP contribution is 2.25. The molecule has 0 saturated heterocycles. The summed E-state index contributed by atoms with van der Waals surface area (Å²) in [5.74, 6) is 1.35. The van der Waals surface area contributed by atoms with Crippen LogP contribution < -0.4 is 0 Å². The third-order valence-electron chi connectivity index (χ3n) is 2.28. The number of benzene rings is 1. The molecule has 0 aliphatic heterocycles. The summed E-state index contributed by atoms with van der Waals surface area (Å²) in [6.45, 7) is 1.85. The third kappa shape index (κ3) is 1.39. The largest absolute Gasteiger partial charge is 0.361 e. The highest BCUT2D eigenvalue weighted by Gasteiger charge is 2.11. The van der Waals surface area contributed by atoms with E-state index >= 15 is 0 Å². The Morgan fingerprint density at radius 3 is 2.88 bits per heavy atom. The Morgan fingerprint density at radius 1 is 1.31 bits per heavy atom. The molecule has 0 aliphatic carbocycles. The predicted molar refractivity (Wildman–Crippen MR) is 60.4 cm³/mol. The molecule has 0 spiro atoms. The molecular weight excluding hydrogens is 226 g/mol. The van der Waals surface area contributed by atoms with Crippen molar-refractivity contribution in [3.8, 4) is 11.4 Å². The number of rotatable bonds is 1. The molecule has 5 heteroatoms. The SMILES string of the molecule is Cc1cc2nc(-c3ccccc3Cl)nn2o1. The van der Waals surface area contributed by atoms with Gasteiger partial charge in [0, 0.05) is 11.6 Å². The first-order valence-electron chi connectivity index (χ1n) is 4.82. The van der Waals surface area contributed by atoms with E-state index in [2.05, 4.69) is 10.1 Å². The second-order valence-corrected chi connectivity index (χ2v) is 3.90. The third-order valence-corrected chi connectivity index (χ3v) is 2.61. The molecule has 0 bridgehead atoms. The standard InChI is InChI=1S/C11H8ClN3O/c1-7-6-10-13-11(14-15(10)16-7)8-4-2-3-5-9(8)12/h2-6H,1H3. The Morgan fingerprint density at radius 2 is 2.12 bits per heavy atom. The van der Waals surface area contributed by atoms with Crippen LogP contribution >= 0.6 is 11.6 Å². The van der Waals surface area contributed by atoms with Crippen molar-refractivity contribution < 1.29 is 4.52 Å². The second-order valence-electron chi connectivity index (χ2n) is 3.49. The molecule has 16 heavy (non-hydrogen) atoms. The van der Waals surface area contributed by atoms with E-state index in [0.717, 1.165) is 11.3 Å². The Hall–Kier alpha value is -1.81. The maximum atomic E-state index is 6.06. The van der Waals surface area contributed by atoms with Crippen molar-refractivity contribution in [3.63, 3.8) is 0 Å². The minimum absolute atomic E-state index is 0.573. The van der Waals surface area contributed by atoms with Gasteiger partial charge in [0.15, 0.2) is 11.5 Å². The van der Waals surface area contributed by atoms with E-state index in [1.807, 2.05) is 37.3 Å². The van der Waals surface area contributed by atoms with Crippen LogP contribution in [0.1, 0.15) is 5.76 Å². The van der Waals surface area contributed by atoms with Crippen LogP contribution in [-0.2, 0) is 0 Å². The fourth-order valence-electron chi connectivity index (χ4n) is 1.57. The smallest absolute Gasteiger partial charge is 0.196 e. The van der Waals surface area contributed by atoms with Crippen LogP contribution in [0.2, 0.25) is 5.02 Å². The highest BCUT2D eigenvalue weighted by atomic mass is 35.5. The monoisotopic (exact) mass is 233 g/mol. The lowest BCUT2D eigenvalue weighted by molar-refractivity contribution is 0.322. The molecular formula is C11H8ClN3O. The van der Waals surface area contributed by atoms with Crippen molar-refractivity contribution in [2.45, 2.75) is 6.92 Å². The zero-order valence-electron chi connectivity index (χ0n) is 8.51. The molecule has 0 saturated carbocycles. The number of halogens is 1. The first-order valence-corrected chi connectivity index (χ1v) is 5.20. The Balaban J connectivity index is 2.19. The first kappa shape index (κ1) is 9.42. The van der Waals surface area contributed by atoms with E-state index in [1.54, 1.807) is 0 Å². The molecule has 3 aromatic rings. The molecule has 2 aromatic heterocycles. The van der Waals surface area contributed by atoms with Gasteiger partial charge in [-0.3, -0.25) is 0 Å². The van der Waals surface area contributed by atoms with Crippen molar-refractivity contribution in [1.29, 1.82) is 0 Å². The van der Waals surface area contributed by atoms with Gasteiger partial charge >= 0.3 is 0 Å². The molecule has 1 aromatic carbocycles. The van der Waals surface area contributed by atoms with Crippen LogP contribution in [0.15, 0.2) is 34.9 Å². The van der Waals surface area contributed by atoms with Crippen LogP contribution in [0, 0.1) is 6.92 Å². The zero-order chi connectivity index (χ0) is 11.1. The Labute approximate surface area is 96.4 Å². The van der Waals surface area contributed by atoms with Crippen molar-refractivity contribution in [2.24, 2.45) is 0 Å². The van der Waals surface area contributed by atoms with E-state index in [4.69, 9.17) is 16.1 Å². The molecule has 0 amide bonds. The first-order chi connectivity index (χ1) is 7.74. The lowest BCUT2D eigenvalue weighted by Crippen LogP contribution is -1.84. The van der Waals surface area contributed by atoms with E-state index in [0.29, 0.717) is 16.5 Å². The average Bonchev–Trinajstić information content (AvgIpc) is 2.75. The van der Waals surface area contributed by atoms with Gasteiger partial charge < -0.3 is 4.52 Å². The Bertz CT molecular complexity index is 625. The van der Waals surface area contributed by atoms with Crippen molar-refractivity contribution in [1.82, 2.24) is 14.8 Å². The summed E-state index contributed by atoms with van der Waals surface area (Å²) in [5.41, 5.74) is 1.49. The average molecular weight is 234 g/mol. The predicted octanol–water partition coefficient (Wildman–Crippen LogP) is 2.95. The van der Waals surface area contributed by atoms with Crippen molar-refractivity contribution in [2.75, 3.05) is 0 Å². The van der Waals surface area contributed by atoms with E-state index in [1.165, 1.54) is 4.69 Å². The number of nitrogens with zero attached hydrogens (tertiary/aromatic N) is 3. The molecule has 80 valence electrons. The summed E-state index contributed by atoms with van der Waals surface area (Å²) in [4.78, 5) is 4.34. The number of fused-ring (bicyclic) bond motifs is 1. The van der Waals surface area contributed by atoms with Crippen LogP contribution in [0.4, 0.5) is 0 Å². The minimum Gasteiger partial charge on any atom is -0.361 e. The van der Waals surface area contributed by atoms with Gasteiger partial charge in [-0.1, -0.05) is 28.4 Å². The molecule has 0 N–H and O–H groups in total. The summed E-state index contributed by atoms with van der Waals surface area (Å²) in [7, 11) is 0. The van der Waals surface area contributed by atoms with E-state index in [-0.39, 0.29) is 0 Å². The van der Waals surface area contributed by atoms with Gasteiger partial charge in [0.25, 0.3) is 0 Å². The number of hydrogen-bond donors (Lipinski definition) is 0. The van der Waals surface area contributed by atoms with Gasteiger partial charge in [-0.2, -0.15) is 0 Å². The minimum atomic E-state index is 0.573. The highest BCUT2D eigenvalue weighted by molar-refractivity contribution is 6.33. The van der Waals surface area contributed by atoms with Gasteiger partial charge in [0.2, 0.25) is 0 Å². The second kappa shape index (κ2) is 3.35. The molecule has 0 fully saturated rings. The van der Waals surface area contributed by atoms with Crippen LogP contribution in [0.25, 0.3) is 17.0 Å². The molecule has 0 radical (unpaired) electrons. The lowest BCUT2D eigenvalue weighted by atomic mass is 10.2. The van der Waals surface area contributed by atoms with Gasteiger partial charge in [0.1, 0.15) is 5.76 Å². The van der Waals surface area contributed by atoms with Crippen LogP contribution in [0.5, 0.6) is 0 Å². The van der Waals surface area contributed by atoms with Gasteiger partial charge in [0.05, 0.1) is 5.02 Å². The van der Waals surface area contributed by atoms with Gasteiger partial charge in [-0.15, -0.1) is 5.10 Å². The van der Waals surface area contributed by atoms with Crippen molar-refractivity contribution in [3.05, 3.63) is 41.1 Å². The molecule has 0 unspecified atom stereocenters. The molecule has 3 rings (SSSR count). The zero-order valence-corrected chi connectivity index (χ0v) is 9.27. The summed E-state index contributed by atoms with van der Waals surface area (Å²) < 4.78 is 6.71. The molecule has 0 aliphatic rings. The molecule has 4 nitrogen and oxygen atoms in total. The van der Waals surface area contributed by atoms with Crippen molar-refractivity contribution >= 4 is 17.2 Å². The normalized spacial score (nSPS) is 11.1. The fraction of sp³-hybridized carbons (Fsp3) is 0.0909. The summed E-state index contributed by atoms with van der Waals surface area (Å²) in [6.07, 6.45) is 0. The maximum absolute atomic E-state index is 6.06. The summed E-state index contributed by atoms with van der Waals surface area (Å²) >= 11 is 6.06. The lowest BCUT2D eigenvalue weighted by Gasteiger charge is -1.96. The summed E-state index contributed by atoms with van der Waals surface area (Å²) in [5, 5.41) is 4.85. The topological polar surface area (TPSA) is 43.3 Å². The van der Waals surface area contributed by atoms with E-state index in [9.17, 15) is 0 Å². The molecule has 2 heterocycles. The number of hydrogen-bond acceptors (Lipinski definition) is 3. The summed E-state index contributed by atoms with van der Waals surface area (Å²) in [6, 6.07) is 9.29. The number of aryl methyl sites for hydroxylation is 1. The maximum Gasteiger partial charge on any atom is 0.196 e. The van der Waals surface area contributed by atoms with Gasteiger partial charge in [-0.05, 0) is 19.1 Å². The van der Waals surface area contributed by atoms with Gasteiger partial charge in [-0.25, -0.2) is 4.98 Å².